The van der Waals surface area contributed by atoms with Crippen LogP contribution in [0.5, 0.6) is 11.5 Å². The van der Waals surface area contributed by atoms with Gasteiger partial charge in [-0.25, -0.2) is 0 Å². The Morgan fingerprint density at radius 1 is 1.09 bits per heavy atom. The highest BCUT2D eigenvalue weighted by Crippen LogP contribution is 2.36. The fourth-order valence-corrected chi connectivity index (χ4v) is 4.42. The van der Waals surface area contributed by atoms with E-state index in [2.05, 4.69) is 21.2 Å². The van der Waals surface area contributed by atoms with Crippen LogP contribution in [-0.2, 0) is 11.4 Å². The predicted octanol–water partition coefficient (Wildman–Crippen LogP) is 7.09. The second-order valence-corrected chi connectivity index (χ2v) is 8.67. The molecule has 5 nitrogen and oxygen atoms in total. The molecule has 7 heteroatoms. The van der Waals surface area contributed by atoms with Crippen molar-refractivity contribution in [2.45, 2.75) is 6.61 Å². The van der Waals surface area contributed by atoms with Crippen LogP contribution in [0.2, 0.25) is 5.02 Å². The molecule has 0 radical (unpaired) electrons. The van der Waals surface area contributed by atoms with Gasteiger partial charge in [0.05, 0.1) is 9.50 Å². The van der Waals surface area contributed by atoms with Crippen LogP contribution in [0.15, 0.2) is 88.9 Å². The van der Waals surface area contributed by atoms with E-state index < -0.39 is 5.91 Å². The summed E-state index contributed by atoms with van der Waals surface area (Å²) in [7, 11) is 0. The van der Waals surface area contributed by atoms with E-state index in [1.165, 1.54) is 30.3 Å². The van der Waals surface area contributed by atoms with Crippen molar-refractivity contribution in [2.75, 3.05) is 5.32 Å². The lowest BCUT2D eigenvalue weighted by Gasteiger charge is -2.13. The average Bonchev–Trinajstić information content (AvgIpc) is 2.83. The number of hydrogen-bond acceptors (Lipinski definition) is 4. The van der Waals surface area contributed by atoms with E-state index in [-0.39, 0.29) is 11.3 Å². The lowest BCUT2D eigenvalue weighted by atomic mass is 10.1. The molecule has 0 aliphatic rings. The Balaban J connectivity index is 1.53. The van der Waals surface area contributed by atoms with E-state index in [9.17, 15) is 15.2 Å². The van der Waals surface area contributed by atoms with Crippen LogP contribution in [0.25, 0.3) is 16.8 Å². The number of benzene rings is 4. The van der Waals surface area contributed by atoms with E-state index in [0.717, 1.165) is 16.3 Å². The monoisotopic (exact) mass is 532 g/mol. The number of amides is 1. The molecule has 0 aromatic heterocycles. The number of phenols is 1. The highest BCUT2D eigenvalue weighted by molar-refractivity contribution is 9.10. The van der Waals surface area contributed by atoms with Crippen LogP contribution in [0, 0.1) is 11.3 Å². The molecule has 1 amide bonds. The minimum absolute atomic E-state index is 0.0799. The molecule has 0 aliphatic carbocycles. The number of rotatable bonds is 6. The molecule has 34 heavy (non-hydrogen) atoms. The summed E-state index contributed by atoms with van der Waals surface area (Å²) in [6.45, 7) is 0.327. The summed E-state index contributed by atoms with van der Waals surface area (Å²) < 4.78 is 6.62. The van der Waals surface area contributed by atoms with Crippen LogP contribution < -0.4 is 10.1 Å². The number of carbonyl (C=O) groups excluding carboxylic acids is 1. The summed E-state index contributed by atoms with van der Waals surface area (Å²) in [5.74, 6) is -0.0215. The van der Waals surface area contributed by atoms with Gasteiger partial charge in [-0.2, -0.15) is 5.26 Å². The number of nitrogens with one attached hydrogen (secondary N) is 1. The highest BCUT2D eigenvalue weighted by atomic mass is 79.9. The first-order valence-electron chi connectivity index (χ1n) is 10.3. The molecule has 0 spiro atoms. The molecule has 4 rings (SSSR count). The number of ether oxygens (including phenoxy) is 1. The molecule has 0 fully saturated rings. The number of anilines is 1. The number of aromatic hydroxyl groups is 1. The van der Waals surface area contributed by atoms with Crippen molar-refractivity contribution in [1.29, 1.82) is 5.26 Å². The minimum Gasteiger partial charge on any atom is -0.508 e. The fourth-order valence-electron chi connectivity index (χ4n) is 3.43. The fraction of sp³-hybridized carbons (Fsp3) is 0.0370. The molecule has 0 atom stereocenters. The van der Waals surface area contributed by atoms with Gasteiger partial charge in [-0.1, -0.05) is 54.1 Å². The lowest BCUT2D eigenvalue weighted by molar-refractivity contribution is -0.112. The van der Waals surface area contributed by atoms with Crippen molar-refractivity contribution in [1.82, 2.24) is 0 Å². The van der Waals surface area contributed by atoms with Gasteiger partial charge >= 0.3 is 0 Å². The van der Waals surface area contributed by atoms with E-state index >= 15 is 0 Å². The van der Waals surface area contributed by atoms with E-state index in [4.69, 9.17) is 16.3 Å². The smallest absolute Gasteiger partial charge is 0.266 e. The Morgan fingerprint density at radius 3 is 2.56 bits per heavy atom. The average molecular weight is 534 g/mol. The molecular weight excluding hydrogens is 516 g/mol. The number of fused-ring (bicyclic) bond motifs is 1. The second kappa shape index (κ2) is 10.4. The molecule has 2 N–H and O–H groups in total. The van der Waals surface area contributed by atoms with Gasteiger partial charge in [-0.3, -0.25) is 4.79 Å². The number of nitriles is 1. The van der Waals surface area contributed by atoms with Crippen molar-refractivity contribution in [3.63, 3.8) is 0 Å². The summed E-state index contributed by atoms with van der Waals surface area (Å²) in [6, 6.07) is 25.4. The molecule has 0 saturated heterocycles. The van der Waals surface area contributed by atoms with Crippen LogP contribution in [0.4, 0.5) is 5.69 Å². The highest BCUT2D eigenvalue weighted by Gasteiger charge is 2.13. The van der Waals surface area contributed by atoms with Gasteiger partial charge in [0.15, 0.2) is 5.75 Å². The van der Waals surface area contributed by atoms with Crippen LogP contribution in [-0.4, -0.2) is 11.0 Å². The second-order valence-electron chi connectivity index (χ2n) is 7.41. The maximum atomic E-state index is 12.5. The Kier molecular flexibility index (Phi) is 7.17. The molecule has 0 aliphatic heterocycles. The number of phenolic OH excluding ortho intramolecular Hbond substituents is 1. The predicted molar refractivity (Wildman–Crippen MR) is 138 cm³/mol. The van der Waals surface area contributed by atoms with Gasteiger partial charge in [0.1, 0.15) is 24.0 Å². The summed E-state index contributed by atoms with van der Waals surface area (Å²) in [5, 5.41) is 24.0. The molecule has 168 valence electrons. The van der Waals surface area contributed by atoms with E-state index in [1.807, 2.05) is 48.5 Å². The zero-order valence-corrected chi connectivity index (χ0v) is 20.1. The summed E-state index contributed by atoms with van der Waals surface area (Å²) in [5.41, 5.74) is 1.95. The summed E-state index contributed by atoms with van der Waals surface area (Å²) >= 11 is 9.96. The Morgan fingerprint density at radius 2 is 1.82 bits per heavy atom. The molecule has 4 aromatic rings. The van der Waals surface area contributed by atoms with Crippen LogP contribution in [0.3, 0.4) is 0 Å². The summed E-state index contributed by atoms with van der Waals surface area (Å²) in [6.07, 6.45) is 1.45. The van der Waals surface area contributed by atoms with Gasteiger partial charge in [-0.15, -0.1) is 0 Å². The van der Waals surface area contributed by atoms with Gasteiger partial charge in [0.2, 0.25) is 0 Å². The van der Waals surface area contributed by atoms with Crippen molar-refractivity contribution < 1.29 is 14.6 Å². The zero-order valence-electron chi connectivity index (χ0n) is 17.8. The minimum atomic E-state index is -0.572. The molecule has 4 aromatic carbocycles. The third kappa shape index (κ3) is 5.40. The topological polar surface area (TPSA) is 82.3 Å². The van der Waals surface area contributed by atoms with Gasteiger partial charge < -0.3 is 15.2 Å². The van der Waals surface area contributed by atoms with Gasteiger partial charge in [-0.05, 0) is 80.3 Å². The first-order chi connectivity index (χ1) is 16.4. The first-order valence-corrected chi connectivity index (χ1v) is 11.4. The number of hydrogen-bond donors (Lipinski definition) is 2. The first kappa shape index (κ1) is 23.4. The Labute approximate surface area is 210 Å². The molecule has 0 unspecified atom stereocenters. The third-order valence-corrected chi connectivity index (χ3v) is 5.94. The molecule has 0 heterocycles. The standard InChI is InChI=1S/C27H18BrClN2O3/c28-24-13-17(12-20(15-30)27(33)31-21-8-10-22(32)11-9-21)14-25(29)26(24)34-16-19-6-3-5-18-4-1-2-7-23(18)19/h1-14,32H,16H2,(H,31,33)/b20-12-. The largest absolute Gasteiger partial charge is 0.508 e. The summed E-state index contributed by atoms with van der Waals surface area (Å²) in [4.78, 5) is 12.5. The third-order valence-electron chi connectivity index (χ3n) is 5.07. The van der Waals surface area contributed by atoms with Crippen LogP contribution >= 0.6 is 27.5 Å². The van der Waals surface area contributed by atoms with E-state index in [1.54, 1.807) is 12.1 Å². The number of halogens is 2. The Bertz CT molecular complexity index is 1410. The molecule has 0 saturated carbocycles. The quantitative estimate of drug-likeness (QED) is 0.157. The normalized spacial score (nSPS) is 11.1. The maximum Gasteiger partial charge on any atom is 0.266 e. The zero-order chi connectivity index (χ0) is 24.1. The van der Waals surface area contributed by atoms with Crippen LogP contribution in [0.1, 0.15) is 11.1 Å². The Hall–Kier alpha value is -3.79. The van der Waals surface area contributed by atoms with Crippen molar-refractivity contribution >= 4 is 56.0 Å². The molecular formula is C27H18BrClN2O3. The number of nitrogens with zero attached hydrogens (tertiary/aromatic N) is 1. The van der Waals surface area contributed by atoms with Crippen molar-refractivity contribution in [2.24, 2.45) is 0 Å². The maximum absolute atomic E-state index is 12.5. The van der Waals surface area contributed by atoms with Gasteiger partial charge in [0, 0.05) is 5.69 Å². The van der Waals surface area contributed by atoms with E-state index in [0.29, 0.717) is 33.1 Å². The number of carbonyl (C=O) groups is 1. The molecule has 0 bridgehead atoms. The SMILES string of the molecule is N#C/C(=C/c1cc(Cl)c(OCc2cccc3ccccc23)c(Br)c1)C(=O)Nc1ccc(O)cc1. The lowest BCUT2D eigenvalue weighted by Crippen LogP contribution is -2.13. The van der Waals surface area contributed by atoms with Gasteiger partial charge in [0.25, 0.3) is 5.91 Å². The van der Waals surface area contributed by atoms with Crippen molar-refractivity contribution in [3.05, 3.63) is 105 Å². The van der Waals surface area contributed by atoms with Crippen molar-refractivity contribution in [3.8, 4) is 17.6 Å².